The fraction of sp³-hybridized carbons (Fsp3) is 0.133. The summed E-state index contributed by atoms with van der Waals surface area (Å²) in [4.78, 5) is 2.05. The zero-order valence-corrected chi connectivity index (χ0v) is 10.0. The molecule has 2 nitrogen and oxygen atoms in total. The number of anilines is 2. The van der Waals surface area contributed by atoms with Crippen LogP contribution in [0.25, 0.3) is 0 Å². The van der Waals surface area contributed by atoms with Crippen LogP contribution in [0.3, 0.4) is 0 Å². The Morgan fingerprint density at radius 2 is 1.53 bits per heavy atom. The summed E-state index contributed by atoms with van der Waals surface area (Å²) in [5.41, 5.74) is 3.94. The van der Waals surface area contributed by atoms with E-state index in [2.05, 4.69) is 25.1 Å². The van der Waals surface area contributed by atoms with Crippen LogP contribution in [0.1, 0.15) is 11.1 Å². The zero-order valence-electron chi connectivity index (χ0n) is 10.0. The van der Waals surface area contributed by atoms with Crippen molar-refractivity contribution in [2.75, 3.05) is 11.9 Å². The van der Waals surface area contributed by atoms with E-state index in [4.69, 9.17) is 5.26 Å². The second-order valence-corrected chi connectivity index (χ2v) is 3.97. The molecule has 0 saturated carbocycles. The van der Waals surface area contributed by atoms with Gasteiger partial charge in [-0.25, -0.2) is 0 Å². The summed E-state index contributed by atoms with van der Waals surface area (Å²) >= 11 is 0. The molecule has 2 aromatic rings. The van der Waals surface area contributed by atoms with Gasteiger partial charge >= 0.3 is 0 Å². The molecule has 0 fully saturated rings. The Kier molecular flexibility index (Phi) is 3.11. The second kappa shape index (κ2) is 4.71. The summed E-state index contributed by atoms with van der Waals surface area (Å²) in [6.45, 7) is 2.07. The lowest BCUT2D eigenvalue weighted by Crippen LogP contribution is -2.12. The number of benzene rings is 2. The highest BCUT2D eigenvalue weighted by Gasteiger charge is 2.09. The highest BCUT2D eigenvalue weighted by molar-refractivity contribution is 5.70. The monoisotopic (exact) mass is 222 g/mol. The van der Waals surface area contributed by atoms with E-state index in [1.165, 1.54) is 5.56 Å². The fourth-order valence-electron chi connectivity index (χ4n) is 1.93. The Bertz CT molecular complexity index is 567. The first-order valence-corrected chi connectivity index (χ1v) is 5.52. The van der Waals surface area contributed by atoms with Gasteiger partial charge in [0.2, 0.25) is 0 Å². The quantitative estimate of drug-likeness (QED) is 0.775. The van der Waals surface area contributed by atoms with Gasteiger partial charge < -0.3 is 4.90 Å². The number of hydrogen-bond donors (Lipinski definition) is 0. The van der Waals surface area contributed by atoms with Crippen LogP contribution in [0.15, 0.2) is 48.5 Å². The summed E-state index contributed by atoms with van der Waals surface area (Å²) in [7, 11) is 1.98. The average Bonchev–Trinajstić information content (AvgIpc) is 2.38. The van der Waals surface area contributed by atoms with Gasteiger partial charge in [-0.2, -0.15) is 5.26 Å². The average molecular weight is 222 g/mol. The van der Waals surface area contributed by atoms with Crippen molar-refractivity contribution in [1.82, 2.24) is 0 Å². The van der Waals surface area contributed by atoms with Crippen LogP contribution >= 0.6 is 0 Å². The number of hydrogen-bond acceptors (Lipinski definition) is 2. The maximum absolute atomic E-state index is 9.11. The van der Waals surface area contributed by atoms with Crippen molar-refractivity contribution in [3.05, 3.63) is 59.7 Å². The topological polar surface area (TPSA) is 27.0 Å². The first-order valence-electron chi connectivity index (χ1n) is 5.52. The lowest BCUT2D eigenvalue weighted by Gasteiger charge is -2.22. The van der Waals surface area contributed by atoms with Crippen molar-refractivity contribution < 1.29 is 0 Å². The van der Waals surface area contributed by atoms with Crippen molar-refractivity contribution in [3.63, 3.8) is 0 Å². The molecular weight excluding hydrogens is 208 g/mol. The molecule has 0 atom stereocenters. The summed E-state index contributed by atoms with van der Waals surface area (Å²) in [6.07, 6.45) is 0. The van der Waals surface area contributed by atoms with E-state index in [1.54, 1.807) is 0 Å². The van der Waals surface area contributed by atoms with Crippen LogP contribution < -0.4 is 4.90 Å². The Hall–Kier alpha value is -2.27. The van der Waals surface area contributed by atoms with Gasteiger partial charge in [0.05, 0.1) is 11.3 Å². The van der Waals surface area contributed by atoms with Gasteiger partial charge in [-0.3, -0.25) is 0 Å². The SMILES string of the molecule is Cc1ccccc1N(C)c1ccccc1C#N. The van der Waals surface area contributed by atoms with Crippen molar-refractivity contribution in [2.24, 2.45) is 0 Å². The summed E-state index contributed by atoms with van der Waals surface area (Å²) in [5.74, 6) is 0. The molecule has 0 unspecified atom stereocenters. The predicted molar refractivity (Wildman–Crippen MR) is 70.4 cm³/mol. The number of nitrogens with zero attached hydrogens (tertiary/aromatic N) is 2. The largest absolute Gasteiger partial charge is 0.343 e. The Morgan fingerprint density at radius 3 is 2.18 bits per heavy atom. The maximum Gasteiger partial charge on any atom is 0.101 e. The smallest absolute Gasteiger partial charge is 0.101 e. The van der Waals surface area contributed by atoms with Crippen molar-refractivity contribution in [2.45, 2.75) is 6.92 Å². The van der Waals surface area contributed by atoms with Gasteiger partial charge in [0, 0.05) is 12.7 Å². The third kappa shape index (κ3) is 2.14. The van der Waals surface area contributed by atoms with Gasteiger partial charge in [0.1, 0.15) is 6.07 Å². The molecular formula is C15H14N2. The number of aryl methyl sites for hydroxylation is 1. The lowest BCUT2D eigenvalue weighted by atomic mass is 10.1. The second-order valence-electron chi connectivity index (χ2n) is 3.97. The molecule has 0 saturated heterocycles. The van der Waals surface area contributed by atoms with Gasteiger partial charge in [-0.15, -0.1) is 0 Å². The fourth-order valence-corrected chi connectivity index (χ4v) is 1.93. The minimum absolute atomic E-state index is 0.693. The van der Waals surface area contributed by atoms with E-state index in [9.17, 15) is 0 Å². The molecule has 84 valence electrons. The van der Waals surface area contributed by atoms with Crippen molar-refractivity contribution in [1.29, 1.82) is 5.26 Å². The third-order valence-corrected chi connectivity index (χ3v) is 2.86. The number of rotatable bonds is 2. The summed E-state index contributed by atoms with van der Waals surface area (Å²) in [6, 6.07) is 18.0. The molecule has 0 aromatic heterocycles. The van der Waals surface area contributed by atoms with Gasteiger partial charge in [-0.05, 0) is 30.7 Å². The van der Waals surface area contributed by atoms with Crippen LogP contribution in [0.4, 0.5) is 11.4 Å². The van der Waals surface area contributed by atoms with E-state index >= 15 is 0 Å². The van der Waals surface area contributed by atoms with Crippen LogP contribution in [-0.2, 0) is 0 Å². The molecule has 0 aliphatic heterocycles. The first kappa shape index (κ1) is 11.2. The van der Waals surface area contributed by atoms with Crippen LogP contribution in [0.2, 0.25) is 0 Å². The van der Waals surface area contributed by atoms with Crippen LogP contribution in [0, 0.1) is 18.3 Å². The molecule has 2 aromatic carbocycles. The number of para-hydroxylation sites is 2. The molecule has 0 heterocycles. The van der Waals surface area contributed by atoms with E-state index in [0.29, 0.717) is 5.56 Å². The van der Waals surface area contributed by atoms with E-state index in [1.807, 2.05) is 48.3 Å². The molecule has 0 aliphatic rings. The minimum atomic E-state index is 0.693. The van der Waals surface area contributed by atoms with Gasteiger partial charge in [0.25, 0.3) is 0 Å². The molecule has 0 amide bonds. The summed E-state index contributed by atoms with van der Waals surface area (Å²) in [5, 5.41) is 9.11. The molecule has 2 heteroatoms. The van der Waals surface area contributed by atoms with Gasteiger partial charge in [0.15, 0.2) is 0 Å². The van der Waals surface area contributed by atoms with E-state index in [0.717, 1.165) is 11.4 Å². The zero-order chi connectivity index (χ0) is 12.3. The first-order chi connectivity index (χ1) is 8.24. The summed E-state index contributed by atoms with van der Waals surface area (Å²) < 4.78 is 0. The number of nitriles is 1. The van der Waals surface area contributed by atoms with Crippen LogP contribution in [0.5, 0.6) is 0 Å². The highest BCUT2D eigenvalue weighted by atomic mass is 15.1. The minimum Gasteiger partial charge on any atom is -0.343 e. The normalized spacial score (nSPS) is 9.71. The standard InChI is InChI=1S/C15H14N2/c1-12-7-3-5-9-14(12)17(2)15-10-6-4-8-13(15)11-16/h3-10H,1-2H3. The molecule has 0 radical (unpaired) electrons. The van der Waals surface area contributed by atoms with Gasteiger partial charge in [-0.1, -0.05) is 30.3 Å². The molecule has 0 aliphatic carbocycles. The third-order valence-electron chi connectivity index (χ3n) is 2.86. The lowest BCUT2D eigenvalue weighted by molar-refractivity contribution is 1.18. The van der Waals surface area contributed by atoms with E-state index < -0.39 is 0 Å². The highest BCUT2D eigenvalue weighted by Crippen LogP contribution is 2.28. The predicted octanol–water partition coefficient (Wildman–Crippen LogP) is 3.63. The Labute approximate surface area is 102 Å². The molecule has 17 heavy (non-hydrogen) atoms. The Balaban J connectivity index is 2.48. The molecule has 2 rings (SSSR count). The van der Waals surface area contributed by atoms with E-state index in [-0.39, 0.29) is 0 Å². The molecule has 0 N–H and O–H groups in total. The van der Waals surface area contributed by atoms with Crippen molar-refractivity contribution in [3.8, 4) is 6.07 Å². The Morgan fingerprint density at radius 1 is 0.941 bits per heavy atom. The van der Waals surface area contributed by atoms with Crippen LogP contribution in [-0.4, -0.2) is 7.05 Å². The van der Waals surface area contributed by atoms with Crippen molar-refractivity contribution >= 4 is 11.4 Å². The molecule has 0 bridgehead atoms. The molecule has 0 spiro atoms. The maximum atomic E-state index is 9.11.